The Balaban J connectivity index is 2.00. The fraction of sp³-hybridized carbons (Fsp3) is 0.500. The maximum absolute atomic E-state index is 13.7. The largest absolute Gasteiger partial charge is 0.394 e. The highest BCUT2D eigenvalue weighted by atomic mass is 19.2. The summed E-state index contributed by atoms with van der Waals surface area (Å²) < 4.78 is 71.9. The number of nitrogens with one attached hydrogen (secondary N) is 2. The Hall–Kier alpha value is -2.31. The number of nitrogens with zero attached hydrogens (tertiary/aromatic N) is 1. The number of carbonyl (C=O) groups is 2. The first-order chi connectivity index (χ1) is 13.3. The first-order valence-electron chi connectivity index (χ1n) is 8.28. The van der Waals surface area contributed by atoms with Crippen molar-refractivity contribution in [2.45, 2.75) is 6.04 Å². The molecule has 0 bridgehead atoms. The number of hydrogen-bond acceptors (Lipinski definition) is 5. The number of benzene rings is 1. The first kappa shape index (κ1) is 22.0. The third kappa shape index (κ3) is 4.94. The van der Waals surface area contributed by atoms with E-state index in [1.165, 1.54) is 0 Å². The minimum atomic E-state index is -2.41. The molecule has 1 aliphatic heterocycles. The van der Waals surface area contributed by atoms with Crippen LogP contribution >= 0.6 is 0 Å². The van der Waals surface area contributed by atoms with E-state index >= 15 is 0 Å². The summed E-state index contributed by atoms with van der Waals surface area (Å²) in [7, 11) is 0. The lowest BCUT2D eigenvalue weighted by Gasteiger charge is -2.26. The van der Waals surface area contributed by atoms with E-state index in [9.17, 15) is 36.6 Å². The van der Waals surface area contributed by atoms with Crippen molar-refractivity contribution in [1.29, 1.82) is 0 Å². The molecular formula is C16H18F5N3O4. The number of hydrogen-bond donors (Lipinski definition) is 3. The van der Waals surface area contributed by atoms with Crippen LogP contribution in [0, 0.1) is 29.1 Å². The lowest BCUT2D eigenvalue weighted by atomic mass is 10.1. The topological polar surface area (TPSA) is 90.9 Å². The van der Waals surface area contributed by atoms with Crippen LogP contribution in [0.5, 0.6) is 0 Å². The maximum atomic E-state index is 13.7. The molecule has 0 radical (unpaired) electrons. The number of amides is 2. The Morgan fingerprint density at radius 1 is 1.00 bits per heavy atom. The zero-order chi connectivity index (χ0) is 20.8. The average Bonchev–Trinajstić information content (AvgIpc) is 2.69. The number of aliphatic hydroxyl groups excluding tert-OH is 1. The Morgan fingerprint density at radius 3 is 2.07 bits per heavy atom. The molecule has 3 N–H and O–H groups in total. The van der Waals surface area contributed by atoms with E-state index in [2.05, 4.69) is 5.32 Å². The summed E-state index contributed by atoms with van der Waals surface area (Å²) in [6, 6.07) is -1.65. The molecule has 0 saturated carbocycles. The van der Waals surface area contributed by atoms with E-state index in [0.717, 1.165) is 0 Å². The molecule has 28 heavy (non-hydrogen) atoms. The normalized spacial score (nSPS) is 15.9. The van der Waals surface area contributed by atoms with Crippen LogP contribution in [0.1, 0.15) is 10.4 Å². The van der Waals surface area contributed by atoms with Gasteiger partial charge in [0.2, 0.25) is 11.7 Å². The van der Waals surface area contributed by atoms with Gasteiger partial charge in [-0.1, -0.05) is 0 Å². The molecule has 1 saturated heterocycles. The van der Waals surface area contributed by atoms with Crippen LogP contribution in [-0.4, -0.2) is 73.9 Å². The molecule has 1 heterocycles. The molecule has 1 unspecified atom stereocenters. The molecule has 7 nitrogen and oxygen atoms in total. The third-order valence-electron chi connectivity index (χ3n) is 4.07. The molecule has 0 aromatic heterocycles. The van der Waals surface area contributed by atoms with Gasteiger partial charge in [-0.05, 0) is 0 Å². The van der Waals surface area contributed by atoms with E-state index in [4.69, 9.17) is 4.74 Å². The Kier molecular flexibility index (Phi) is 7.66. The first-order valence-corrected chi connectivity index (χ1v) is 8.28. The lowest BCUT2D eigenvalue weighted by molar-refractivity contribution is -0.123. The van der Waals surface area contributed by atoms with Crippen molar-refractivity contribution in [1.82, 2.24) is 15.5 Å². The SMILES string of the molecule is O=C(NC(CO)C(=O)NCCN1CCOCC1)c1c(F)c(F)c(F)c(F)c1F. The van der Waals surface area contributed by atoms with E-state index in [1.54, 1.807) is 5.32 Å². The monoisotopic (exact) mass is 411 g/mol. The van der Waals surface area contributed by atoms with Crippen LogP contribution in [0.25, 0.3) is 0 Å². The zero-order valence-corrected chi connectivity index (χ0v) is 14.5. The van der Waals surface area contributed by atoms with Crippen LogP contribution in [0.2, 0.25) is 0 Å². The van der Waals surface area contributed by atoms with Crippen LogP contribution in [0.15, 0.2) is 0 Å². The molecule has 2 rings (SSSR count). The number of aliphatic hydroxyl groups is 1. The second-order valence-corrected chi connectivity index (χ2v) is 5.90. The van der Waals surface area contributed by atoms with Crippen LogP contribution in [-0.2, 0) is 9.53 Å². The minimum Gasteiger partial charge on any atom is -0.394 e. The van der Waals surface area contributed by atoms with Gasteiger partial charge in [-0.3, -0.25) is 14.5 Å². The molecule has 1 aromatic carbocycles. The Bertz CT molecular complexity index is 714. The molecule has 0 aliphatic carbocycles. The van der Waals surface area contributed by atoms with Crippen molar-refractivity contribution in [2.24, 2.45) is 0 Å². The van der Waals surface area contributed by atoms with Crippen molar-refractivity contribution in [3.63, 3.8) is 0 Å². The van der Waals surface area contributed by atoms with E-state index < -0.39 is 59.1 Å². The van der Waals surface area contributed by atoms with Crippen molar-refractivity contribution >= 4 is 11.8 Å². The molecule has 1 aromatic rings. The average molecular weight is 411 g/mol. The van der Waals surface area contributed by atoms with Gasteiger partial charge in [-0.15, -0.1) is 0 Å². The summed E-state index contributed by atoms with van der Waals surface area (Å²) in [5, 5.41) is 13.4. The van der Waals surface area contributed by atoms with Crippen LogP contribution < -0.4 is 10.6 Å². The standard InChI is InChI=1S/C16H18F5N3O4/c17-10-9(11(18)13(20)14(21)12(10)19)16(27)23-8(7-25)15(26)22-1-2-24-3-5-28-6-4-24/h8,25H,1-7H2,(H,22,26)(H,23,27). The van der Waals surface area contributed by atoms with Gasteiger partial charge >= 0.3 is 0 Å². The highest BCUT2D eigenvalue weighted by Gasteiger charge is 2.31. The minimum absolute atomic E-state index is 0.147. The Morgan fingerprint density at radius 2 is 1.54 bits per heavy atom. The molecular weight excluding hydrogens is 393 g/mol. The predicted molar refractivity (Wildman–Crippen MR) is 84.8 cm³/mol. The van der Waals surface area contributed by atoms with Crippen molar-refractivity contribution in [3.8, 4) is 0 Å². The van der Waals surface area contributed by atoms with Gasteiger partial charge in [0.05, 0.1) is 19.8 Å². The van der Waals surface area contributed by atoms with Crippen LogP contribution in [0.4, 0.5) is 22.0 Å². The van der Waals surface area contributed by atoms with Gasteiger partial charge in [0, 0.05) is 26.2 Å². The summed E-state index contributed by atoms with van der Waals surface area (Å²) >= 11 is 0. The second kappa shape index (κ2) is 9.75. The van der Waals surface area contributed by atoms with Crippen molar-refractivity contribution < 1.29 is 41.4 Å². The Labute approximate surface area is 156 Å². The maximum Gasteiger partial charge on any atom is 0.258 e. The summed E-state index contributed by atoms with van der Waals surface area (Å²) in [4.78, 5) is 25.9. The van der Waals surface area contributed by atoms with Crippen LogP contribution in [0.3, 0.4) is 0 Å². The lowest BCUT2D eigenvalue weighted by Crippen LogP contribution is -2.51. The molecule has 1 fully saturated rings. The summed E-state index contributed by atoms with van der Waals surface area (Å²) in [5.74, 6) is -14.3. The molecule has 0 spiro atoms. The van der Waals surface area contributed by atoms with Gasteiger partial charge in [0.1, 0.15) is 11.6 Å². The molecule has 1 aliphatic rings. The highest BCUT2D eigenvalue weighted by Crippen LogP contribution is 2.23. The fourth-order valence-corrected chi connectivity index (χ4v) is 2.51. The van der Waals surface area contributed by atoms with Gasteiger partial charge in [-0.2, -0.15) is 0 Å². The van der Waals surface area contributed by atoms with E-state index in [0.29, 0.717) is 32.8 Å². The second-order valence-electron chi connectivity index (χ2n) is 5.90. The summed E-state index contributed by atoms with van der Waals surface area (Å²) in [6.07, 6.45) is 0. The number of ether oxygens (including phenoxy) is 1. The molecule has 2 amide bonds. The zero-order valence-electron chi connectivity index (χ0n) is 14.5. The number of rotatable bonds is 7. The van der Waals surface area contributed by atoms with Gasteiger partial charge < -0.3 is 20.5 Å². The predicted octanol–water partition coefficient (Wildman–Crippen LogP) is -0.0788. The number of halogens is 5. The summed E-state index contributed by atoms with van der Waals surface area (Å²) in [6.45, 7) is 2.07. The van der Waals surface area contributed by atoms with Gasteiger partial charge in [0.15, 0.2) is 23.3 Å². The molecule has 12 heteroatoms. The smallest absolute Gasteiger partial charge is 0.258 e. The number of carbonyl (C=O) groups excluding carboxylic acids is 2. The molecule has 156 valence electrons. The van der Waals surface area contributed by atoms with E-state index in [-0.39, 0.29) is 6.54 Å². The third-order valence-corrected chi connectivity index (χ3v) is 4.07. The van der Waals surface area contributed by atoms with E-state index in [1.807, 2.05) is 4.90 Å². The van der Waals surface area contributed by atoms with Crippen molar-refractivity contribution in [3.05, 3.63) is 34.6 Å². The van der Waals surface area contributed by atoms with Crippen molar-refractivity contribution in [2.75, 3.05) is 46.0 Å². The molecule has 1 atom stereocenters. The number of morpholine rings is 1. The van der Waals surface area contributed by atoms with Gasteiger partial charge in [-0.25, -0.2) is 22.0 Å². The fourth-order valence-electron chi connectivity index (χ4n) is 2.51. The summed E-state index contributed by atoms with van der Waals surface area (Å²) in [5.41, 5.74) is -1.74. The highest BCUT2D eigenvalue weighted by molar-refractivity contribution is 5.98. The van der Waals surface area contributed by atoms with Gasteiger partial charge in [0.25, 0.3) is 5.91 Å². The quantitative estimate of drug-likeness (QED) is 0.332.